The molecular formula is C24H22F3N3O2. The molecule has 1 aliphatic rings. The van der Waals surface area contributed by atoms with E-state index in [4.69, 9.17) is 4.74 Å². The van der Waals surface area contributed by atoms with Crippen molar-refractivity contribution in [2.45, 2.75) is 12.7 Å². The lowest BCUT2D eigenvalue weighted by molar-refractivity contribution is -0.137. The van der Waals surface area contributed by atoms with Crippen LogP contribution in [0.2, 0.25) is 0 Å². The summed E-state index contributed by atoms with van der Waals surface area (Å²) >= 11 is 0. The number of halogens is 3. The predicted molar refractivity (Wildman–Crippen MR) is 115 cm³/mol. The number of nitrogens with one attached hydrogen (secondary N) is 1. The highest BCUT2D eigenvalue weighted by Gasteiger charge is 2.30. The third kappa shape index (κ3) is 5.08. The van der Waals surface area contributed by atoms with Crippen LogP contribution in [-0.4, -0.2) is 37.2 Å². The smallest absolute Gasteiger partial charge is 0.378 e. The number of aromatic nitrogens is 1. The van der Waals surface area contributed by atoms with Crippen LogP contribution in [0.4, 0.5) is 19.0 Å². The Kier molecular flexibility index (Phi) is 6.41. The predicted octanol–water partition coefficient (Wildman–Crippen LogP) is 4.53. The molecule has 4 rings (SSSR count). The van der Waals surface area contributed by atoms with E-state index in [0.717, 1.165) is 36.6 Å². The van der Waals surface area contributed by atoms with Gasteiger partial charge < -0.3 is 15.0 Å². The van der Waals surface area contributed by atoms with Crippen molar-refractivity contribution in [1.82, 2.24) is 10.3 Å². The third-order valence-corrected chi connectivity index (χ3v) is 5.29. The Hall–Kier alpha value is -3.39. The molecule has 0 unspecified atom stereocenters. The average Bonchev–Trinajstić information content (AvgIpc) is 2.83. The maximum atomic E-state index is 12.8. The van der Waals surface area contributed by atoms with Crippen LogP contribution >= 0.6 is 0 Å². The molecule has 0 radical (unpaired) electrons. The SMILES string of the molecule is O=C(NCc1ccc(N2CCOCC2)nc1)c1ccccc1-c1ccc(C(F)(F)F)cc1. The molecule has 1 amide bonds. The molecule has 1 N–H and O–H groups in total. The Morgan fingerprint density at radius 1 is 1.00 bits per heavy atom. The van der Waals surface area contributed by atoms with Gasteiger partial charge in [-0.25, -0.2) is 4.98 Å². The zero-order valence-electron chi connectivity index (χ0n) is 17.2. The largest absolute Gasteiger partial charge is 0.416 e. The van der Waals surface area contributed by atoms with Gasteiger partial charge in [-0.1, -0.05) is 36.4 Å². The Balaban J connectivity index is 1.44. The molecule has 0 bridgehead atoms. The fraction of sp³-hybridized carbons (Fsp3) is 0.250. The average molecular weight is 441 g/mol. The highest BCUT2D eigenvalue weighted by Crippen LogP contribution is 2.31. The summed E-state index contributed by atoms with van der Waals surface area (Å²) in [6.07, 6.45) is -2.67. The highest BCUT2D eigenvalue weighted by molar-refractivity contribution is 6.00. The van der Waals surface area contributed by atoms with Gasteiger partial charge in [0.05, 0.1) is 18.8 Å². The van der Waals surface area contributed by atoms with Crippen LogP contribution in [0.3, 0.4) is 0 Å². The number of carbonyl (C=O) groups excluding carboxylic acids is 1. The number of pyridine rings is 1. The van der Waals surface area contributed by atoms with E-state index in [1.165, 1.54) is 12.1 Å². The van der Waals surface area contributed by atoms with Gasteiger partial charge >= 0.3 is 6.18 Å². The molecule has 0 atom stereocenters. The number of amides is 1. The Morgan fingerprint density at radius 2 is 1.72 bits per heavy atom. The van der Waals surface area contributed by atoms with Crippen molar-refractivity contribution in [1.29, 1.82) is 0 Å². The minimum atomic E-state index is -4.40. The lowest BCUT2D eigenvalue weighted by atomic mass is 9.98. The molecule has 32 heavy (non-hydrogen) atoms. The van der Waals surface area contributed by atoms with Crippen molar-refractivity contribution >= 4 is 11.7 Å². The third-order valence-electron chi connectivity index (χ3n) is 5.29. The number of rotatable bonds is 5. The fourth-order valence-corrected chi connectivity index (χ4v) is 3.55. The van der Waals surface area contributed by atoms with Crippen LogP contribution in [0.5, 0.6) is 0 Å². The molecule has 1 aromatic heterocycles. The molecule has 0 spiro atoms. The van der Waals surface area contributed by atoms with Gasteiger partial charge in [0.25, 0.3) is 5.91 Å². The van der Waals surface area contributed by atoms with Gasteiger partial charge in [0.1, 0.15) is 5.82 Å². The second-order valence-electron chi connectivity index (χ2n) is 7.43. The first kappa shape index (κ1) is 21.8. The van der Waals surface area contributed by atoms with Crippen LogP contribution in [0.1, 0.15) is 21.5 Å². The summed E-state index contributed by atoms with van der Waals surface area (Å²) in [5.41, 5.74) is 1.63. The maximum Gasteiger partial charge on any atom is 0.416 e. The number of morpholine rings is 1. The molecule has 8 heteroatoms. The van der Waals surface area contributed by atoms with Crippen molar-refractivity contribution < 1.29 is 22.7 Å². The zero-order chi connectivity index (χ0) is 22.6. The maximum absolute atomic E-state index is 12.8. The van der Waals surface area contributed by atoms with E-state index in [1.54, 1.807) is 30.5 Å². The lowest BCUT2D eigenvalue weighted by Crippen LogP contribution is -2.36. The molecule has 1 aliphatic heterocycles. The molecule has 5 nitrogen and oxygen atoms in total. The van der Waals surface area contributed by atoms with Crippen LogP contribution < -0.4 is 10.2 Å². The Labute approximate surface area is 183 Å². The first-order valence-corrected chi connectivity index (χ1v) is 10.2. The normalized spacial score (nSPS) is 14.3. The van der Waals surface area contributed by atoms with Gasteiger partial charge in [-0.05, 0) is 41.0 Å². The van der Waals surface area contributed by atoms with Gasteiger partial charge in [-0.2, -0.15) is 13.2 Å². The molecular weight excluding hydrogens is 419 g/mol. The molecule has 1 saturated heterocycles. The molecule has 2 aromatic carbocycles. The van der Waals surface area contributed by atoms with Gasteiger partial charge in [-0.15, -0.1) is 0 Å². The Morgan fingerprint density at radius 3 is 2.38 bits per heavy atom. The monoisotopic (exact) mass is 441 g/mol. The first-order valence-electron chi connectivity index (χ1n) is 10.2. The number of anilines is 1. The van der Waals surface area contributed by atoms with Crippen LogP contribution in [0.25, 0.3) is 11.1 Å². The van der Waals surface area contributed by atoms with E-state index < -0.39 is 11.7 Å². The summed E-state index contributed by atoms with van der Waals surface area (Å²) in [4.78, 5) is 19.4. The van der Waals surface area contributed by atoms with E-state index in [1.807, 2.05) is 12.1 Å². The van der Waals surface area contributed by atoms with E-state index in [9.17, 15) is 18.0 Å². The summed E-state index contributed by atoms with van der Waals surface area (Å²) in [5, 5.41) is 2.87. The second-order valence-corrected chi connectivity index (χ2v) is 7.43. The highest BCUT2D eigenvalue weighted by atomic mass is 19.4. The molecule has 2 heterocycles. The molecule has 166 valence electrons. The minimum Gasteiger partial charge on any atom is -0.378 e. The van der Waals surface area contributed by atoms with Crippen molar-refractivity contribution in [3.8, 4) is 11.1 Å². The first-order chi connectivity index (χ1) is 15.4. The molecule has 1 fully saturated rings. The van der Waals surface area contributed by atoms with Gasteiger partial charge in [0.2, 0.25) is 0 Å². The van der Waals surface area contributed by atoms with Crippen LogP contribution in [0.15, 0.2) is 66.9 Å². The topological polar surface area (TPSA) is 54.5 Å². The zero-order valence-corrected chi connectivity index (χ0v) is 17.2. The molecule has 3 aromatic rings. The summed E-state index contributed by atoms with van der Waals surface area (Å²) in [6.45, 7) is 3.24. The summed E-state index contributed by atoms with van der Waals surface area (Å²) in [7, 11) is 0. The van der Waals surface area contributed by atoms with Crippen LogP contribution in [-0.2, 0) is 17.5 Å². The van der Waals surface area contributed by atoms with Crippen molar-refractivity contribution in [2.75, 3.05) is 31.2 Å². The van der Waals surface area contributed by atoms with E-state index in [0.29, 0.717) is 29.9 Å². The number of carbonyl (C=O) groups is 1. The van der Waals surface area contributed by atoms with E-state index in [2.05, 4.69) is 15.2 Å². The van der Waals surface area contributed by atoms with Crippen molar-refractivity contribution in [2.24, 2.45) is 0 Å². The number of ether oxygens (including phenoxy) is 1. The molecule has 0 aliphatic carbocycles. The summed E-state index contributed by atoms with van der Waals surface area (Å²) in [6, 6.07) is 15.5. The number of hydrogen-bond donors (Lipinski definition) is 1. The number of benzene rings is 2. The van der Waals surface area contributed by atoms with E-state index >= 15 is 0 Å². The standard InChI is InChI=1S/C24H22F3N3O2/c25-24(26,27)19-8-6-18(7-9-19)20-3-1-2-4-21(20)23(31)29-16-17-5-10-22(28-15-17)30-11-13-32-14-12-30/h1-10,15H,11-14,16H2,(H,29,31). The van der Waals surface area contributed by atoms with Gasteiger partial charge in [0, 0.05) is 31.4 Å². The number of alkyl halides is 3. The summed E-state index contributed by atoms with van der Waals surface area (Å²) < 4.78 is 43.9. The van der Waals surface area contributed by atoms with Gasteiger partial charge in [0.15, 0.2) is 0 Å². The van der Waals surface area contributed by atoms with Crippen LogP contribution in [0, 0.1) is 0 Å². The molecule has 0 saturated carbocycles. The lowest BCUT2D eigenvalue weighted by Gasteiger charge is -2.27. The minimum absolute atomic E-state index is 0.288. The van der Waals surface area contributed by atoms with Gasteiger partial charge in [-0.3, -0.25) is 4.79 Å². The fourth-order valence-electron chi connectivity index (χ4n) is 3.55. The van der Waals surface area contributed by atoms with Crippen molar-refractivity contribution in [3.05, 3.63) is 83.6 Å². The second kappa shape index (κ2) is 9.40. The van der Waals surface area contributed by atoms with Crippen molar-refractivity contribution in [3.63, 3.8) is 0 Å². The quantitative estimate of drug-likeness (QED) is 0.632. The Bertz CT molecular complexity index is 1060. The van der Waals surface area contributed by atoms with E-state index in [-0.39, 0.29) is 12.5 Å². The number of nitrogens with zero attached hydrogens (tertiary/aromatic N) is 2. The summed E-state index contributed by atoms with van der Waals surface area (Å²) in [5.74, 6) is 0.564. The number of hydrogen-bond acceptors (Lipinski definition) is 4.